The van der Waals surface area contributed by atoms with Gasteiger partial charge in [-0.2, -0.15) is 15.5 Å². The van der Waals surface area contributed by atoms with Crippen LogP contribution >= 0.6 is 0 Å². The zero-order valence-electron chi connectivity index (χ0n) is 20.2. The lowest BCUT2D eigenvalue weighted by Gasteiger charge is -2.47. The second-order valence-electron chi connectivity index (χ2n) is 9.29. The topological polar surface area (TPSA) is 100 Å². The van der Waals surface area contributed by atoms with E-state index >= 15 is 0 Å². The van der Waals surface area contributed by atoms with Gasteiger partial charge in [-0.05, 0) is 39.3 Å². The normalized spacial score (nSPS) is 20.2. The van der Waals surface area contributed by atoms with Crippen molar-refractivity contribution in [1.82, 2.24) is 33.8 Å². The van der Waals surface area contributed by atoms with E-state index in [9.17, 15) is 4.79 Å². The Balaban J connectivity index is 1.45. The van der Waals surface area contributed by atoms with Crippen molar-refractivity contribution in [3.63, 3.8) is 0 Å². The van der Waals surface area contributed by atoms with Gasteiger partial charge in [0.1, 0.15) is 17.9 Å². The number of piperazine rings is 1. The maximum atomic E-state index is 12.7. The van der Waals surface area contributed by atoms with Crippen LogP contribution in [-0.2, 0) is 13.6 Å². The highest BCUT2D eigenvalue weighted by molar-refractivity contribution is 5.88. The fraction of sp³-hybridized carbons (Fsp3) is 0.458. The van der Waals surface area contributed by atoms with Crippen molar-refractivity contribution >= 4 is 22.4 Å². The molecule has 3 atom stereocenters. The Morgan fingerprint density at radius 1 is 1.18 bits per heavy atom. The molecule has 1 saturated heterocycles. The Labute approximate surface area is 197 Å². The molecule has 4 aromatic heterocycles. The number of aromatic nitrogens is 6. The Bertz CT molecular complexity index is 1470. The van der Waals surface area contributed by atoms with Gasteiger partial charge in [0.15, 0.2) is 5.65 Å². The molecular weight excluding hydrogens is 430 g/mol. The standard InChI is InChI=1S/C24H29N9O/c1-15-12-32(20-10-23(34)29(5)21-14-30(9-8-25)28-24(20)21)16(2)11-31(15)17(3)19-6-7-22-26-18(4)27-33(22)13-19/h6-7,10,13-17H,9,11-12H2,1-5H3/t15-,16+,17?/m1/s1. The Morgan fingerprint density at radius 3 is 2.74 bits per heavy atom. The highest BCUT2D eigenvalue weighted by Gasteiger charge is 2.34. The lowest BCUT2D eigenvalue weighted by Crippen LogP contribution is -2.57. The first-order valence-corrected chi connectivity index (χ1v) is 11.6. The SMILES string of the molecule is Cc1nc2ccc(C(C)N3C[C@H](C)N(c4cc(=O)n(C)c5cn(CC#N)nc45)C[C@H]3C)cn2n1. The molecule has 0 bridgehead atoms. The average molecular weight is 460 g/mol. The number of hydrogen-bond acceptors (Lipinski definition) is 7. The Morgan fingerprint density at radius 2 is 1.97 bits per heavy atom. The van der Waals surface area contributed by atoms with Crippen LogP contribution in [0.25, 0.3) is 16.7 Å². The molecule has 176 valence electrons. The minimum absolute atomic E-state index is 0.0777. The van der Waals surface area contributed by atoms with E-state index in [-0.39, 0.29) is 30.2 Å². The van der Waals surface area contributed by atoms with Crippen molar-refractivity contribution < 1.29 is 0 Å². The number of rotatable bonds is 4. The fourth-order valence-electron chi connectivity index (χ4n) is 5.09. The molecule has 34 heavy (non-hydrogen) atoms. The van der Waals surface area contributed by atoms with E-state index < -0.39 is 0 Å². The fourth-order valence-corrected chi connectivity index (χ4v) is 5.09. The monoisotopic (exact) mass is 459 g/mol. The molecule has 10 heteroatoms. The number of aryl methyl sites for hydroxylation is 2. The summed E-state index contributed by atoms with van der Waals surface area (Å²) in [7, 11) is 1.74. The molecule has 0 N–H and O–H groups in total. The molecule has 0 aliphatic carbocycles. The van der Waals surface area contributed by atoms with Gasteiger partial charge < -0.3 is 9.47 Å². The molecule has 0 radical (unpaired) electrons. The Kier molecular flexibility index (Phi) is 5.37. The van der Waals surface area contributed by atoms with Crippen LogP contribution in [0.3, 0.4) is 0 Å². The van der Waals surface area contributed by atoms with E-state index in [4.69, 9.17) is 5.26 Å². The van der Waals surface area contributed by atoms with Crippen LogP contribution < -0.4 is 10.5 Å². The molecule has 5 heterocycles. The quantitative estimate of drug-likeness (QED) is 0.461. The predicted octanol–water partition coefficient (Wildman–Crippen LogP) is 2.27. The molecule has 0 saturated carbocycles. The van der Waals surface area contributed by atoms with Crippen molar-refractivity contribution in [2.24, 2.45) is 7.05 Å². The van der Waals surface area contributed by atoms with Gasteiger partial charge >= 0.3 is 0 Å². The zero-order chi connectivity index (χ0) is 24.1. The summed E-state index contributed by atoms with van der Waals surface area (Å²) in [5.74, 6) is 0.762. The summed E-state index contributed by atoms with van der Waals surface area (Å²) < 4.78 is 5.04. The average Bonchev–Trinajstić information content (AvgIpc) is 3.39. The van der Waals surface area contributed by atoms with E-state index in [0.29, 0.717) is 0 Å². The van der Waals surface area contributed by atoms with Crippen LogP contribution in [0.15, 0.2) is 35.4 Å². The summed E-state index contributed by atoms with van der Waals surface area (Å²) in [6, 6.07) is 8.57. The minimum Gasteiger partial charge on any atom is -0.364 e. The van der Waals surface area contributed by atoms with Crippen molar-refractivity contribution in [2.45, 2.75) is 52.4 Å². The first kappa shape index (κ1) is 22.1. The second-order valence-corrected chi connectivity index (χ2v) is 9.29. The van der Waals surface area contributed by atoms with Gasteiger partial charge in [-0.1, -0.05) is 6.07 Å². The van der Waals surface area contributed by atoms with E-state index in [1.807, 2.05) is 17.5 Å². The lowest BCUT2D eigenvalue weighted by molar-refractivity contribution is 0.119. The van der Waals surface area contributed by atoms with Gasteiger partial charge in [-0.25, -0.2) is 9.50 Å². The maximum Gasteiger partial charge on any atom is 0.252 e. The summed E-state index contributed by atoms with van der Waals surface area (Å²) in [6.07, 6.45) is 3.84. The summed E-state index contributed by atoms with van der Waals surface area (Å²) >= 11 is 0. The van der Waals surface area contributed by atoms with Crippen LogP contribution in [0.2, 0.25) is 0 Å². The van der Waals surface area contributed by atoms with Crippen LogP contribution in [-0.4, -0.2) is 59.0 Å². The molecule has 0 aromatic carbocycles. The predicted molar refractivity (Wildman–Crippen MR) is 130 cm³/mol. The zero-order valence-corrected chi connectivity index (χ0v) is 20.2. The lowest BCUT2D eigenvalue weighted by atomic mass is 10.0. The molecule has 1 aliphatic heterocycles. The number of fused-ring (bicyclic) bond motifs is 2. The molecule has 1 fully saturated rings. The highest BCUT2D eigenvalue weighted by Crippen LogP contribution is 2.32. The number of anilines is 1. The number of nitriles is 1. The number of nitrogens with zero attached hydrogens (tertiary/aromatic N) is 9. The smallest absolute Gasteiger partial charge is 0.252 e. The molecule has 10 nitrogen and oxygen atoms in total. The van der Waals surface area contributed by atoms with E-state index in [2.05, 4.69) is 64.1 Å². The van der Waals surface area contributed by atoms with Gasteiger partial charge in [0, 0.05) is 50.5 Å². The largest absolute Gasteiger partial charge is 0.364 e. The number of hydrogen-bond donors (Lipinski definition) is 0. The number of pyridine rings is 2. The van der Waals surface area contributed by atoms with Gasteiger partial charge in [-0.3, -0.25) is 14.4 Å². The van der Waals surface area contributed by atoms with Crippen molar-refractivity contribution in [1.29, 1.82) is 5.26 Å². The van der Waals surface area contributed by atoms with E-state index in [0.717, 1.165) is 41.3 Å². The van der Waals surface area contributed by atoms with Crippen LogP contribution in [0.5, 0.6) is 0 Å². The third-order valence-corrected chi connectivity index (χ3v) is 6.95. The van der Waals surface area contributed by atoms with Gasteiger partial charge in [0.2, 0.25) is 0 Å². The van der Waals surface area contributed by atoms with E-state index in [1.54, 1.807) is 28.6 Å². The van der Waals surface area contributed by atoms with Gasteiger partial charge in [0.25, 0.3) is 5.56 Å². The molecule has 1 aliphatic rings. The van der Waals surface area contributed by atoms with Crippen LogP contribution in [0.1, 0.15) is 38.2 Å². The summed E-state index contributed by atoms with van der Waals surface area (Å²) in [6.45, 7) is 10.3. The maximum absolute atomic E-state index is 12.7. The highest BCUT2D eigenvalue weighted by atomic mass is 16.1. The molecule has 1 unspecified atom stereocenters. The molecule has 0 spiro atoms. The second kappa shape index (κ2) is 8.25. The third-order valence-electron chi connectivity index (χ3n) is 6.95. The third kappa shape index (κ3) is 3.62. The summed E-state index contributed by atoms with van der Waals surface area (Å²) in [4.78, 5) is 21.9. The summed E-state index contributed by atoms with van der Waals surface area (Å²) in [5, 5.41) is 18.2. The van der Waals surface area contributed by atoms with Gasteiger partial charge in [-0.15, -0.1) is 0 Å². The van der Waals surface area contributed by atoms with Crippen molar-refractivity contribution in [3.8, 4) is 6.07 Å². The van der Waals surface area contributed by atoms with Gasteiger partial charge in [0.05, 0.1) is 23.5 Å². The molecule has 4 aromatic rings. The van der Waals surface area contributed by atoms with Crippen LogP contribution in [0.4, 0.5) is 5.69 Å². The molecule has 0 amide bonds. The molecule has 5 rings (SSSR count). The first-order chi connectivity index (χ1) is 16.3. The van der Waals surface area contributed by atoms with Crippen LogP contribution in [0, 0.1) is 18.3 Å². The first-order valence-electron chi connectivity index (χ1n) is 11.6. The Hall–Kier alpha value is -3.71. The summed E-state index contributed by atoms with van der Waals surface area (Å²) in [5.41, 5.74) is 4.29. The minimum atomic E-state index is -0.0777. The molecular formula is C24H29N9O. The van der Waals surface area contributed by atoms with Crippen molar-refractivity contribution in [2.75, 3.05) is 18.0 Å². The van der Waals surface area contributed by atoms with Crippen molar-refractivity contribution in [3.05, 3.63) is 52.3 Å². The van der Waals surface area contributed by atoms with E-state index in [1.165, 1.54) is 5.56 Å².